The van der Waals surface area contributed by atoms with Gasteiger partial charge in [-0.25, -0.2) is 0 Å². The molecule has 0 radical (unpaired) electrons. The number of ether oxygens (including phenoxy) is 1. The van der Waals surface area contributed by atoms with Crippen molar-refractivity contribution in [2.75, 3.05) is 16.8 Å². The summed E-state index contributed by atoms with van der Waals surface area (Å²) in [5.41, 5.74) is 3.91. The van der Waals surface area contributed by atoms with Gasteiger partial charge in [0.05, 0.1) is 12.6 Å². The van der Waals surface area contributed by atoms with Crippen molar-refractivity contribution < 1.29 is 9.53 Å². The van der Waals surface area contributed by atoms with E-state index in [1.165, 1.54) is 0 Å². The summed E-state index contributed by atoms with van der Waals surface area (Å²) in [6.45, 7) is 6.96. The van der Waals surface area contributed by atoms with Gasteiger partial charge >= 0.3 is 0 Å². The molecule has 0 aliphatic carbocycles. The molecule has 4 heteroatoms. The highest BCUT2D eigenvalue weighted by Crippen LogP contribution is 2.44. The van der Waals surface area contributed by atoms with Gasteiger partial charge in [-0.05, 0) is 61.4 Å². The van der Waals surface area contributed by atoms with E-state index in [1.807, 2.05) is 60.4 Å². The average molecular weight is 415 g/mol. The number of nitrogens with zero attached hydrogens (tertiary/aromatic N) is 1. The maximum Gasteiger partial charge on any atom is 0.258 e. The molecule has 3 aromatic rings. The Morgan fingerprint density at radius 2 is 1.61 bits per heavy atom. The minimum Gasteiger partial charge on any atom is -0.494 e. The Labute approximate surface area is 184 Å². The highest BCUT2D eigenvalue weighted by Gasteiger charge is 2.40. The monoisotopic (exact) mass is 414 g/mol. The minimum atomic E-state index is 0.0346. The van der Waals surface area contributed by atoms with E-state index in [0.717, 1.165) is 29.1 Å². The molecule has 1 N–H and O–H groups in total. The third-order valence-corrected chi connectivity index (χ3v) is 6.14. The van der Waals surface area contributed by atoms with Crippen LogP contribution in [0.4, 0.5) is 11.4 Å². The number of hydrogen-bond acceptors (Lipinski definition) is 3. The zero-order valence-corrected chi connectivity index (χ0v) is 18.4. The summed E-state index contributed by atoms with van der Waals surface area (Å²) in [4.78, 5) is 15.7. The molecule has 1 heterocycles. The van der Waals surface area contributed by atoms with Crippen molar-refractivity contribution >= 4 is 17.3 Å². The molecular weight excluding hydrogens is 384 g/mol. The van der Waals surface area contributed by atoms with Crippen molar-refractivity contribution in [2.24, 2.45) is 5.92 Å². The predicted molar refractivity (Wildman–Crippen MR) is 127 cm³/mol. The van der Waals surface area contributed by atoms with Crippen LogP contribution in [0, 0.1) is 5.92 Å². The van der Waals surface area contributed by atoms with Crippen LogP contribution >= 0.6 is 0 Å². The molecular formula is C27H30N2O2. The number of para-hydroxylation sites is 2. The molecule has 0 saturated carbocycles. The number of anilines is 2. The van der Waals surface area contributed by atoms with Gasteiger partial charge in [-0.2, -0.15) is 0 Å². The maximum absolute atomic E-state index is 13.7. The second-order valence-corrected chi connectivity index (χ2v) is 8.01. The van der Waals surface area contributed by atoms with E-state index in [2.05, 4.69) is 49.5 Å². The lowest BCUT2D eigenvalue weighted by atomic mass is 9.80. The highest BCUT2D eigenvalue weighted by molar-refractivity contribution is 6.07. The number of benzene rings is 3. The Hall–Kier alpha value is -3.27. The first-order chi connectivity index (χ1) is 15.1. The van der Waals surface area contributed by atoms with Gasteiger partial charge in [-0.1, -0.05) is 50.2 Å². The van der Waals surface area contributed by atoms with E-state index in [1.54, 1.807) is 0 Å². The van der Waals surface area contributed by atoms with Gasteiger partial charge in [0.2, 0.25) is 0 Å². The van der Waals surface area contributed by atoms with Gasteiger partial charge in [-0.3, -0.25) is 4.79 Å². The second kappa shape index (κ2) is 9.25. The van der Waals surface area contributed by atoms with Crippen molar-refractivity contribution in [3.63, 3.8) is 0 Å². The van der Waals surface area contributed by atoms with E-state index >= 15 is 0 Å². The SMILES string of the molecule is CCOc1ccc(C(=O)N2c3ccccc3[C@@H](Nc3ccccc3)[C@H](C)[C@H]2CC)cc1. The lowest BCUT2D eigenvalue weighted by Crippen LogP contribution is -2.50. The molecule has 1 aliphatic heterocycles. The van der Waals surface area contributed by atoms with Crippen LogP contribution in [0.15, 0.2) is 78.9 Å². The van der Waals surface area contributed by atoms with Crippen LogP contribution in [-0.4, -0.2) is 18.6 Å². The molecule has 160 valence electrons. The number of carbonyl (C=O) groups excluding carboxylic acids is 1. The van der Waals surface area contributed by atoms with Crippen molar-refractivity contribution in [3.8, 4) is 5.75 Å². The molecule has 0 spiro atoms. The molecule has 3 atom stereocenters. The molecule has 1 aliphatic rings. The lowest BCUT2D eigenvalue weighted by Gasteiger charge is -2.45. The zero-order chi connectivity index (χ0) is 21.8. The standard InChI is InChI=1S/C27H30N2O2/c1-4-24-19(3)26(28-21-11-7-6-8-12-21)23-13-9-10-14-25(23)29(24)27(30)20-15-17-22(18-16-20)31-5-2/h6-19,24,26,28H,4-5H2,1-3H3/t19-,24-,26+/m1/s1. The molecule has 4 nitrogen and oxygen atoms in total. The molecule has 0 saturated heterocycles. The van der Waals surface area contributed by atoms with E-state index in [9.17, 15) is 4.79 Å². The molecule has 31 heavy (non-hydrogen) atoms. The van der Waals surface area contributed by atoms with E-state index < -0.39 is 0 Å². The summed E-state index contributed by atoms with van der Waals surface area (Å²) in [5.74, 6) is 1.06. The first-order valence-corrected chi connectivity index (χ1v) is 11.1. The van der Waals surface area contributed by atoms with Crippen LogP contribution < -0.4 is 15.0 Å². The van der Waals surface area contributed by atoms with E-state index in [-0.39, 0.29) is 23.9 Å². The third kappa shape index (κ3) is 4.15. The van der Waals surface area contributed by atoms with Crippen LogP contribution in [0.1, 0.15) is 49.2 Å². The van der Waals surface area contributed by atoms with Crippen molar-refractivity contribution in [3.05, 3.63) is 90.0 Å². The second-order valence-electron chi connectivity index (χ2n) is 8.01. The molecule has 3 aromatic carbocycles. The average Bonchev–Trinajstić information content (AvgIpc) is 2.81. The van der Waals surface area contributed by atoms with Crippen molar-refractivity contribution in [1.29, 1.82) is 0 Å². The highest BCUT2D eigenvalue weighted by atomic mass is 16.5. The topological polar surface area (TPSA) is 41.6 Å². The molecule has 1 amide bonds. The molecule has 0 bridgehead atoms. The summed E-state index contributed by atoms with van der Waals surface area (Å²) in [7, 11) is 0. The van der Waals surface area contributed by atoms with Crippen LogP contribution in [0.25, 0.3) is 0 Å². The summed E-state index contributed by atoms with van der Waals surface area (Å²) >= 11 is 0. The Morgan fingerprint density at radius 1 is 0.935 bits per heavy atom. The number of carbonyl (C=O) groups is 1. The first-order valence-electron chi connectivity index (χ1n) is 11.1. The summed E-state index contributed by atoms with van der Waals surface area (Å²) in [6.07, 6.45) is 0.880. The van der Waals surface area contributed by atoms with Gasteiger partial charge in [0.25, 0.3) is 5.91 Å². The van der Waals surface area contributed by atoms with Gasteiger partial charge in [0.15, 0.2) is 0 Å². The number of nitrogens with one attached hydrogen (secondary N) is 1. The fourth-order valence-corrected chi connectivity index (χ4v) is 4.63. The zero-order valence-electron chi connectivity index (χ0n) is 18.4. The number of rotatable bonds is 6. The largest absolute Gasteiger partial charge is 0.494 e. The minimum absolute atomic E-state index is 0.0346. The molecule has 0 fully saturated rings. The van der Waals surface area contributed by atoms with Gasteiger partial charge in [0, 0.05) is 28.9 Å². The fraction of sp³-hybridized carbons (Fsp3) is 0.296. The normalized spacial score (nSPS) is 20.1. The number of fused-ring (bicyclic) bond motifs is 1. The van der Waals surface area contributed by atoms with Gasteiger partial charge < -0.3 is 15.0 Å². The van der Waals surface area contributed by atoms with Gasteiger partial charge in [0.1, 0.15) is 5.75 Å². The molecule has 4 rings (SSSR count). The fourth-order valence-electron chi connectivity index (χ4n) is 4.63. The van der Waals surface area contributed by atoms with Crippen LogP contribution in [0.5, 0.6) is 5.75 Å². The maximum atomic E-state index is 13.7. The van der Waals surface area contributed by atoms with Crippen molar-refractivity contribution in [2.45, 2.75) is 39.3 Å². The summed E-state index contributed by atoms with van der Waals surface area (Å²) in [5, 5.41) is 3.72. The Bertz CT molecular complexity index is 1020. The Balaban J connectivity index is 1.71. The Morgan fingerprint density at radius 3 is 2.29 bits per heavy atom. The third-order valence-electron chi connectivity index (χ3n) is 6.14. The number of amides is 1. The van der Waals surface area contributed by atoms with E-state index in [4.69, 9.17) is 4.74 Å². The molecule has 0 aromatic heterocycles. The van der Waals surface area contributed by atoms with Crippen molar-refractivity contribution in [1.82, 2.24) is 0 Å². The van der Waals surface area contributed by atoms with E-state index in [0.29, 0.717) is 12.2 Å². The van der Waals surface area contributed by atoms with Crippen LogP contribution in [-0.2, 0) is 0 Å². The lowest BCUT2D eigenvalue weighted by molar-refractivity contribution is 0.0960. The predicted octanol–water partition coefficient (Wildman–Crippen LogP) is 6.31. The Kier molecular flexibility index (Phi) is 6.26. The van der Waals surface area contributed by atoms with Crippen LogP contribution in [0.2, 0.25) is 0 Å². The quantitative estimate of drug-likeness (QED) is 0.514. The number of hydrogen-bond donors (Lipinski definition) is 1. The summed E-state index contributed by atoms with van der Waals surface area (Å²) in [6, 6.07) is 26.3. The van der Waals surface area contributed by atoms with Crippen LogP contribution in [0.3, 0.4) is 0 Å². The smallest absolute Gasteiger partial charge is 0.258 e. The molecule has 0 unspecified atom stereocenters. The first kappa shape index (κ1) is 21.0. The summed E-state index contributed by atoms with van der Waals surface area (Å²) < 4.78 is 5.54. The van der Waals surface area contributed by atoms with Gasteiger partial charge in [-0.15, -0.1) is 0 Å².